The Morgan fingerprint density at radius 2 is 1.92 bits per heavy atom. The monoisotopic (exact) mass is 376 g/mol. The number of benzene rings is 2. The predicted octanol–water partition coefficient (Wildman–Crippen LogP) is 3.65. The third kappa shape index (κ3) is 3.06. The number of halogens is 2. The van der Waals surface area contributed by atoms with Crippen LogP contribution in [-0.2, 0) is 4.79 Å². The van der Waals surface area contributed by atoms with Crippen LogP contribution in [0.15, 0.2) is 47.6 Å². The highest BCUT2D eigenvalue weighted by Crippen LogP contribution is 2.31. The normalized spacial score (nSPS) is 14.8. The Labute approximate surface area is 154 Å². The molecule has 0 saturated carbocycles. The van der Waals surface area contributed by atoms with Crippen LogP contribution in [0, 0.1) is 0 Å². The molecule has 3 rings (SSSR count). The van der Waals surface area contributed by atoms with E-state index in [9.17, 15) is 9.59 Å². The van der Waals surface area contributed by atoms with Crippen molar-refractivity contribution in [2.24, 2.45) is 10.8 Å². The van der Waals surface area contributed by atoms with Gasteiger partial charge in [-0.25, -0.2) is 4.79 Å². The lowest BCUT2D eigenvalue weighted by Crippen LogP contribution is -2.35. The molecule has 0 unspecified atom stereocenters. The zero-order valence-electron chi connectivity index (χ0n) is 13.2. The standard InChI is InChI=1S/C17H14Cl2N4O2/c1-2-22-14-6-4-3-5-11(14)15(16(22)24)21-23(17(20)25)10-7-8-12(18)13(19)9-10/h3-9H,2H2,1H3,(H2,20,25)/b21-15-. The van der Waals surface area contributed by atoms with Crippen molar-refractivity contribution in [1.82, 2.24) is 0 Å². The number of carbonyl (C=O) groups excluding carboxylic acids is 2. The zero-order valence-corrected chi connectivity index (χ0v) is 14.8. The number of primary amides is 1. The number of hydrogen-bond donors (Lipinski definition) is 1. The molecule has 0 bridgehead atoms. The summed E-state index contributed by atoms with van der Waals surface area (Å²) in [5.74, 6) is -0.296. The Balaban J connectivity index is 2.11. The highest BCUT2D eigenvalue weighted by Gasteiger charge is 2.34. The molecular formula is C17H14Cl2N4O2. The van der Waals surface area contributed by atoms with Crippen LogP contribution in [-0.4, -0.2) is 24.2 Å². The quantitative estimate of drug-likeness (QED) is 0.829. The maximum Gasteiger partial charge on any atom is 0.340 e. The second-order valence-corrected chi connectivity index (χ2v) is 6.08. The minimum absolute atomic E-state index is 0.141. The fourth-order valence-electron chi connectivity index (χ4n) is 2.62. The molecule has 2 N–H and O–H groups in total. The molecule has 3 amide bonds. The lowest BCUT2D eigenvalue weighted by atomic mass is 10.1. The minimum atomic E-state index is -0.842. The van der Waals surface area contributed by atoms with E-state index in [0.29, 0.717) is 22.8 Å². The number of carbonyl (C=O) groups is 2. The first-order chi connectivity index (χ1) is 11.9. The van der Waals surface area contributed by atoms with Gasteiger partial charge in [0.2, 0.25) is 0 Å². The second kappa shape index (κ2) is 6.74. The fraction of sp³-hybridized carbons (Fsp3) is 0.118. The largest absolute Gasteiger partial charge is 0.350 e. The third-order valence-electron chi connectivity index (χ3n) is 3.77. The number of anilines is 2. The van der Waals surface area contributed by atoms with E-state index in [1.165, 1.54) is 12.1 Å². The summed E-state index contributed by atoms with van der Waals surface area (Å²) in [6.07, 6.45) is 0. The molecule has 2 aromatic carbocycles. The van der Waals surface area contributed by atoms with Gasteiger partial charge < -0.3 is 10.6 Å². The highest BCUT2D eigenvalue weighted by atomic mass is 35.5. The van der Waals surface area contributed by atoms with Crippen molar-refractivity contribution >= 4 is 52.2 Å². The topological polar surface area (TPSA) is 79.0 Å². The van der Waals surface area contributed by atoms with Crippen LogP contribution < -0.4 is 15.6 Å². The molecule has 2 aromatic rings. The zero-order chi connectivity index (χ0) is 18.1. The molecule has 1 heterocycles. The number of rotatable bonds is 3. The van der Waals surface area contributed by atoms with Gasteiger partial charge in [-0.15, -0.1) is 0 Å². The second-order valence-electron chi connectivity index (χ2n) is 5.26. The van der Waals surface area contributed by atoms with Gasteiger partial charge in [0, 0.05) is 12.1 Å². The van der Waals surface area contributed by atoms with Gasteiger partial charge in [-0.2, -0.15) is 10.1 Å². The number of para-hydroxylation sites is 1. The van der Waals surface area contributed by atoms with E-state index in [1.807, 2.05) is 19.1 Å². The summed E-state index contributed by atoms with van der Waals surface area (Å²) in [6.45, 7) is 2.35. The molecule has 128 valence electrons. The van der Waals surface area contributed by atoms with Crippen LogP contribution >= 0.6 is 23.2 Å². The van der Waals surface area contributed by atoms with Gasteiger partial charge in [-0.1, -0.05) is 41.4 Å². The van der Waals surface area contributed by atoms with E-state index in [1.54, 1.807) is 23.1 Å². The Kier molecular flexibility index (Phi) is 4.65. The Hall–Kier alpha value is -2.57. The third-order valence-corrected chi connectivity index (χ3v) is 4.51. The fourth-order valence-corrected chi connectivity index (χ4v) is 2.92. The molecule has 0 fully saturated rings. The van der Waals surface area contributed by atoms with Crippen molar-refractivity contribution in [3.8, 4) is 0 Å². The average molecular weight is 377 g/mol. The van der Waals surface area contributed by atoms with Crippen LogP contribution in [0.3, 0.4) is 0 Å². The van der Waals surface area contributed by atoms with Crippen molar-refractivity contribution in [3.63, 3.8) is 0 Å². The van der Waals surface area contributed by atoms with Crippen molar-refractivity contribution in [3.05, 3.63) is 58.1 Å². The number of urea groups is 1. The Morgan fingerprint density at radius 1 is 1.20 bits per heavy atom. The molecule has 1 aliphatic heterocycles. The molecule has 0 saturated heterocycles. The van der Waals surface area contributed by atoms with E-state index in [-0.39, 0.29) is 16.6 Å². The number of nitrogens with zero attached hydrogens (tertiary/aromatic N) is 3. The first kappa shape index (κ1) is 17.3. The van der Waals surface area contributed by atoms with E-state index in [0.717, 1.165) is 10.7 Å². The number of hydrazone groups is 1. The summed E-state index contributed by atoms with van der Waals surface area (Å²) < 4.78 is 0. The number of hydrogen-bond acceptors (Lipinski definition) is 3. The van der Waals surface area contributed by atoms with Gasteiger partial charge in [0.25, 0.3) is 5.91 Å². The summed E-state index contributed by atoms with van der Waals surface area (Å²) in [4.78, 5) is 26.2. The van der Waals surface area contributed by atoms with E-state index >= 15 is 0 Å². The van der Waals surface area contributed by atoms with Crippen LogP contribution in [0.4, 0.5) is 16.2 Å². The lowest BCUT2D eigenvalue weighted by molar-refractivity contribution is -0.112. The van der Waals surface area contributed by atoms with Crippen LogP contribution in [0.5, 0.6) is 0 Å². The summed E-state index contributed by atoms with van der Waals surface area (Å²) in [7, 11) is 0. The van der Waals surface area contributed by atoms with Crippen molar-refractivity contribution in [1.29, 1.82) is 0 Å². The molecule has 0 aliphatic carbocycles. The van der Waals surface area contributed by atoms with Gasteiger partial charge in [-0.3, -0.25) is 4.79 Å². The molecule has 0 radical (unpaired) electrons. The molecule has 6 nitrogen and oxygen atoms in total. The van der Waals surface area contributed by atoms with Crippen LogP contribution in [0.25, 0.3) is 0 Å². The van der Waals surface area contributed by atoms with Gasteiger partial charge in [0.1, 0.15) is 0 Å². The van der Waals surface area contributed by atoms with E-state index in [2.05, 4.69) is 5.10 Å². The molecular weight excluding hydrogens is 363 g/mol. The van der Waals surface area contributed by atoms with Gasteiger partial charge >= 0.3 is 6.03 Å². The van der Waals surface area contributed by atoms with Crippen LogP contribution in [0.2, 0.25) is 10.0 Å². The van der Waals surface area contributed by atoms with Crippen LogP contribution in [0.1, 0.15) is 12.5 Å². The number of fused-ring (bicyclic) bond motifs is 1. The smallest absolute Gasteiger partial charge is 0.340 e. The molecule has 1 aliphatic rings. The van der Waals surface area contributed by atoms with Gasteiger partial charge in [-0.05, 0) is 31.2 Å². The van der Waals surface area contributed by atoms with E-state index in [4.69, 9.17) is 28.9 Å². The predicted molar refractivity (Wildman–Crippen MR) is 99.5 cm³/mol. The average Bonchev–Trinajstić information content (AvgIpc) is 2.86. The summed E-state index contributed by atoms with van der Waals surface area (Å²) in [5.41, 5.74) is 7.28. The molecule has 0 aromatic heterocycles. The number of likely N-dealkylation sites (N-methyl/N-ethyl adjacent to an activating group) is 1. The SMILES string of the molecule is CCN1C(=O)/C(=N\N(C(N)=O)c2ccc(Cl)c(Cl)c2)c2ccccc21. The summed E-state index contributed by atoms with van der Waals surface area (Å²) >= 11 is 11.9. The van der Waals surface area contributed by atoms with Gasteiger partial charge in [0.15, 0.2) is 5.71 Å². The van der Waals surface area contributed by atoms with Crippen molar-refractivity contribution in [2.45, 2.75) is 6.92 Å². The first-order valence-electron chi connectivity index (χ1n) is 7.48. The maximum absolute atomic E-state index is 12.7. The first-order valence-corrected chi connectivity index (χ1v) is 8.24. The van der Waals surface area contributed by atoms with Crippen molar-refractivity contribution in [2.75, 3.05) is 16.5 Å². The molecule has 25 heavy (non-hydrogen) atoms. The van der Waals surface area contributed by atoms with E-state index < -0.39 is 6.03 Å². The maximum atomic E-state index is 12.7. The summed E-state index contributed by atoms with van der Waals surface area (Å²) in [6, 6.07) is 10.9. The van der Waals surface area contributed by atoms with Gasteiger partial charge in [0.05, 0.1) is 21.4 Å². The molecule has 8 heteroatoms. The molecule has 0 atom stereocenters. The number of nitrogens with two attached hydrogens (primary N) is 1. The lowest BCUT2D eigenvalue weighted by Gasteiger charge is -2.16. The van der Waals surface area contributed by atoms with Crippen molar-refractivity contribution < 1.29 is 9.59 Å². The highest BCUT2D eigenvalue weighted by molar-refractivity contribution is 6.54. The summed E-state index contributed by atoms with van der Waals surface area (Å²) in [5, 5.41) is 5.74. The number of amides is 3. The molecule has 0 spiro atoms. The Morgan fingerprint density at radius 3 is 2.56 bits per heavy atom. The minimum Gasteiger partial charge on any atom is -0.350 e. The Bertz CT molecular complexity index is 898.